The van der Waals surface area contributed by atoms with Gasteiger partial charge in [-0.2, -0.15) is 0 Å². The number of carbonyl (C=O) groups excluding carboxylic acids is 1. The van der Waals surface area contributed by atoms with E-state index in [0.29, 0.717) is 11.8 Å². The van der Waals surface area contributed by atoms with Crippen molar-refractivity contribution in [3.8, 4) is 0 Å². The van der Waals surface area contributed by atoms with Gasteiger partial charge in [0.05, 0.1) is 5.92 Å². The van der Waals surface area contributed by atoms with Crippen LogP contribution >= 0.6 is 0 Å². The maximum Gasteiger partial charge on any atom is 0.224 e. The molecule has 0 spiro atoms. The molecule has 4 unspecified atom stereocenters. The van der Waals surface area contributed by atoms with E-state index in [1.165, 1.54) is 19.3 Å². The Morgan fingerprint density at radius 3 is 2.76 bits per heavy atom. The summed E-state index contributed by atoms with van der Waals surface area (Å²) < 4.78 is 0. The minimum Gasteiger partial charge on any atom is -0.356 e. The van der Waals surface area contributed by atoms with Gasteiger partial charge in [0.25, 0.3) is 0 Å². The van der Waals surface area contributed by atoms with Crippen molar-refractivity contribution in [3.63, 3.8) is 0 Å². The van der Waals surface area contributed by atoms with Crippen molar-refractivity contribution in [1.29, 1.82) is 0 Å². The molecule has 2 aliphatic rings. The number of hydrogen-bond donors (Lipinski definition) is 2. The standard InChI is InChI=1S/C14H26N2O/c1-10-6-13(8-15-7-10)14(17)16-9-12-5-3-4-11(12)2/h10-13,15H,3-9H2,1-2H3,(H,16,17). The highest BCUT2D eigenvalue weighted by molar-refractivity contribution is 5.79. The Morgan fingerprint density at radius 1 is 1.29 bits per heavy atom. The molecule has 0 aromatic rings. The molecule has 0 aromatic carbocycles. The fourth-order valence-corrected chi connectivity index (χ4v) is 3.26. The molecule has 3 heteroatoms. The zero-order valence-electron chi connectivity index (χ0n) is 11.2. The molecule has 4 atom stereocenters. The molecule has 2 N–H and O–H groups in total. The summed E-state index contributed by atoms with van der Waals surface area (Å²) >= 11 is 0. The molecular weight excluding hydrogens is 212 g/mol. The topological polar surface area (TPSA) is 41.1 Å². The number of carbonyl (C=O) groups is 1. The molecule has 2 rings (SSSR count). The normalized spacial score (nSPS) is 38.0. The zero-order chi connectivity index (χ0) is 12.3. The van der Waals surface area contributed by atoms with Crippen LogP contribution in [0.25, 0.3) is 0 Å². The molecule has 0 bridgehead atoms. The molecule has 1 amide bonds. The van der Waals surface area contributed by atoms with Crippen molar-refractivity contribution in [2.24, 2.45) is 23.7 Å². The number of piperidine rings is 1. The Bertz CT molecular complexity index is 267. The second-order valence-electron chi connectivity index (χ2n) is 6.11. The summed E-state index contributed by atoms with van der Waals surface area (Å²) in [5, 5.41) is 6.51. The summed E-state index contributed by atoms with van der Waals surface area (Å²) in [6.07, 6.45) is 5.01. The van der Waals surface area contributed by atoms with Crippen LogP contribution in [0.15, 0.2) is 0 Å². The largest absolute Gasteiger partial charge is 0.356 e. The SMILES string of the molecule is CC1CNCC(C(=O)NCC2CCCC2C)C1. The lowest BCUT2D eigenvalue weighted by Gasteiger charge is -2.27. The van der Waals surface area contributed by atoms with E-state index in [4.69, 9.17) is 0 Å². The maximum absolute atomic E-state index is 12.1. The lowest BCUT2D eigenvalue weighted by atomic mass is 9.91. The highest BCUT2D eigenvalue weighted by Gasteiger charge is 2.27. The molecule has 1 saturated carbocycles. The summed E-state index contributed by atoms with van der Waals surface area (Å²) in [6, 6.07) is 0. The van der Waals surface area contributed by atoms with Gasteiger partial charge < -0.3 is 10.6 Å². The lowest BCUT2D eigenvalue weighted by Crippen LogP contribution is -2.44. The van der Waals surface area contributed by atoms with Gasteiger partial charge in [-0.15, -0.1) is 0 Å². The van der Waals surface area contributed by atoms with Gasteiger partial charge in [0.15, 0.2) is 0 Å². The summed E-state index contributed by atoms with van der Waals surface area (Å²) in [5.74, 6) is 2.59. The summed E-state index contributed by atoms with van der Waals surface area (Å²) in [4.78, 5) is 12.1. The zero-order valence-corrected chi connectivity index (χ0v) is 11.2. The van der Waals surface area contributed by atoms with Crippen LogP contribution in [0.1, 0.15) is 39.5 Å². The molecular formula is C14H26N2O. The van der Waals surface area contributed by atoms with Gasteiger partial charge in [-0.25, -0.2) is 0 Å². The highest BCUT2D eigenvalue weighted by atomic mass is 16.1. The van der Waals surface area contributed by atoms with E-state index in [2.05, 4.69) is 24.5 Å². The fourth-order valence-electron chi connectivity index (χ4n) is 3.26. The summed E-state index contributed by atoms with van der Waals surface area (Å²) in [7, 11) is 0. The van der Waals surface area contributed by atoms with E-state index < -0.39 is 0 Å². The first-order valence-corrected chi connectivity index (χ1v) is 7.15. The van der Waals surface area contributed by atoms with Gasteiger partial charge in [-0.3, -0.25) is 4.79 Å². The van der Waals surface area contributed by atoms with Crippen LogP contribution in [0.2, 0.25) is 0 Å². The second kappa shape index (κ2) is 5.85. The van der Waals surface area contributed by atoms with E-state index in [-0.39, 0.29) is 11.8 Å². The first kappa shape index (κ1) is 12.9. The summed E-state index contributed by atoms with van der Waals surface area (Å²) in [5.41, 5.74) is 0. The molecule has 1 saturated heterocycles. The van der Waals surface area contributed by atoms with Gasteiger partial charge in [-0.1, -0.05) is 26.7 Å². The molecule has 0 aromatic heterocycles. The Labute approximate surface area is 105 Å². The van der Waals surface area contributed by atoms with Crippen molar-refractivity contribution in [2.75, 3.05) is 19.6 Å². The summed E-state index contributed by atoms with van der Waals surface area (Å²) in [6.45, 7) is 7.34. The average Bonchev–Trinajstić information content (AvgIpc) is 2.72. The molecule has 2 fully saturated rings. The van der Waals surface area contributed by atoms with Crippen LogP contribution < -0.4 is 10.6 Å². The van der Waals surface area contributed by atoms with Crippen molar-refractivity contribution in [1.82, 2.24) is 10.6 Å². The van der Waals surface area contributed by atoms with Crippen molar-refractivity contribution >= 4 is 5.91 Å². The Kier molecular flexibility index (Phi) is 4.43. The molecule has 1 heterocycles. The molecule has 3 nitrogen and oxygen atoms in total. The average molecular weight is 238 g/mol. The third-order valence-corrected chi connectivity index (χ3v) is 4.52. The van der Waals surface area contributed by atoms with Crippen LogP contribution in [0.5, 0.6) is 0 Å². The van der Waals surface area contributed by atoms with Gasteiger partial charge in [0, 0.05) is 13.1 Å². The van der Waals surface area contributed by atoms with Gasteiger partial charge >= 0.3 is 0 Å². The van der Waals surface area contributed by atoms with E-state index >= 15 is 0 Å². The number of nitrogens with one attached hydrogen (secondary N) is 2. The van der Waals surface area contributed by atoms with Gasteiger partial charge in [-0.05, 0) is 37.1 Å². The van der Waals surface area contributed by atoms with Gasteiger partial charge in [0.1, 0.15) is 0 Å². The first-order valence-electron chi connectivity index (χ1n) is 7.15. The van der Waals surface area contributed by atoms with Crippen molar-refractivity contribution < 1.29 is 4.79 Å². The molecule has 1 aliphatic heterocycles. The van der Waals surface area contributed by atoms with Gasteiger partial charge in [0.2, 0.25) is 5.91 Å². The van der Waals surface area contributed by atoms with Crippen molar-refractivity contribution in [3.05, 3.63) is 0 Å². The predicted molar refractivity (Wildman–Crippen MR) is 69.7 cm³/mol. The third-order valence-electron chi connectivity index (χ3n) is 4.52. The molecule has 17 heavy (non-hydrogen) atoms. The van der Waals surface area contributed by atoms with E-state index in [0.717, 1.165) is 32.0 Å². The third kappa shape index (κ3) is 3.44. The smallest absolute Gasteiger partial charge is 0.224 e. The molecule has 1 aliphatic carbocycles. The quantitative estimate of drug-likeness (QED) is 0.787. The molecule has 0 radical (unpaired) electrons. The monoisotopic (exact) mass is 238 g/mol. The van der Waals surface area contributed by atoms with Crippen LogP contribution in [0, 0.1) is 23.7 Å². The van der Waals surface area contributed by atoms with E-state index in [9.17, 15) is 4.79 Å². The lowest BCUT2D eigenvalue weighted by molar-refractivity contribution is -0.126. The Morgan fingerprint density at radius 2 is 2.12 bits per heavy atom. The number of amides is 1. The fraction of sp³-hybridized carbons (Fsp3) is 0.929. The van der Waals surface area contributed by atoms with Crippen LogP contribution in [-0.2, 0) is 4.79 Å². The molecule has 98 valence electrons. The maximum atomic E-state index is 12.1. The minimum atomic E-state index is 0.190. The van der Waals surface area contributed by atoms with Crippen LogP contribution in [0.4, 0.5) is 0 Å². The highest BCUT2D eigenvalue weighted by Crippen LogP contribution is 2.30. The number of rotatable bonds is 3. The Balaban J connectivity index is 1.73. The van der Waals surface area contributed by atoms with E-state index in [1.807, 2.05) is 0 Å². The van der Waals surface area contributed by atoms with Crippen LogP contribution in [0.3, 0.4) is 0 Å². The first-order chi connectivity index (χ1) is 8.16. The predicted octanol–water partition coefficient (Wildman–Crippen LogP) is 1.78. The van der Waals surface area contributed by atoms with Crippen LogP contribution in [-0.4, -0.2) is 25.5 Å². The van der Waals surface area contributed by atoms with E-state index in [1.54, 1.807) is 0 Å². The minimum absolute atomic E-state index is 0.190. The number of hydrogen-bond acceptors (Lipinski definition) is 2. The Hall–Kier alpha value is -0.570. The van der Waals surface area contributed by atoms with Crippen molar-refractivity contribution in [2.45, 2.75) is 39.5 Å². The second-order valence-corrected chi connectivity index (χ2v) is 6.11.